The van der Waals surface area contributed by atoms with E-state index in [2.05, 4.69) is 10.5 Å². The molecule has 0 saturated carbocycles. The molecule has 3 rings (SSSR count). The van der Waals surface area contributed by atoms with Gasteiger partial charge in [0.2, 0.25) is 5.78 Å². The number of hydrogen-bond donors (Lipinski definition) is 1. The highest BCUT2D eigenvalue weighted by molar-refractivity contribution is 6.44. The summed E-state index contributed by atoms with van der Waals surface area (Å²) in [4.78, 5) is 12.3. The molecule has 1 aromatic rings. The van der Waals surface area contributed by atoms with E-state index in [1.54, 1.807) is 0 Å². The summed E-state index contributed by atoms with van der Waals surface area (Å²) in [6.45, 7) is 4.53. The SMILES string of the molecule is CC1(C)O[C@@H]1C(=O)C1=NNC[C@H]1c1ccccc1. The maximum atomic E-state index is 12.3. The molecule has 0 amide bonds. The van der Waals surface area contributed by atoms with Gasteiger partial charge < -0.3 is 10.2 Å². The minimum Gasteiger partial charge on any atom is -0.358 e. The van der Waals surface area contributed by atoms with Crippen molar-refractivity contribution in [3.8, 4) is 0 Å². The van der Waals surface area contributed by atoms with E-state index >= 15 is 0 Å². The minimum atomic E-state index is -0.331. The van der Waals surface area contributed by atoms with E-state index in [-0.39, 0.29) is 23.4 Å². The van der Waals surface area contributed by atoms with Gasteiger partial charge in [-0.1, -0.05) is 30.3 Å². The maximum Gasteiger partial charge on any atom is 0.211 e. The molecule has 2 heterocycles. The molecule has 1 N–H and O–H groups in total. The van der Waals surface area contributed by atoms with Gasteiger partial charge >= 0.3 is 0 Å². The zero-order chi connectivity index (χ0) is 12.8. The van der Waals surface area contributed by atoms with E-state index in [9.17, 15) is 4.79 Å². The number of benzene rings is 1. The van der Waals surface area contributed by atoms with Crippen LogP contribution in [0.1, 0.15) is 25.3 Å². The van der Waals surface area contributed by atoms with Gasteiger partial charge in [0.1, 0.15) is 5.71 Å². The van der Waals surface area contributed by atoms with Gasteiger partial charge in [0, 0.05) is 6.54 Å². The van der Waals surface area contributed by atoms with Crippen LogP contribution in [0.4, 0.5) is 0 Å². The van der Waals surface area contributed by atoms with Gasteiger partial charge in [-0.3, -0.25) is 4.79 Å². The number of hydrazone groups is 1. The molecule has 2 aliphatic rings. The second kappa shape index (κ2) is 3.92. The van der Waals surface area contributed by atoms with Gasteiger partial charge in [-0.05, 0) is 19.4 Å². The second-order valence-corrected chi connectivity index (χ2v) is 5.29. The summed E-state index contributed by atoms with van der Waals surface area (Å²) in [5.74, 6) is 0.0533. The predicted octanol–water partition coefficient (Wildman–Crippen LogP) is 1.48. The Morgan fingerprint density at radius 3 is 2.67 bits per heavy atom. The Bertz CT molecular complexity index is 508. The first-order valence-electron chi connectivity index (χ1n) is 6.17. The molecule has 4 nitrogen and oxygen atoms in total. The molecule has 0 spiro atoms. The standard InChI is InChI=1S/C14H16N2O2/c1-14(2)13(18-14)12(17)11-10(8-15-16-11)9-6-4-3-5-7-9/h3-7,10,13,15H,8H2,1-2H3/t10-,13+/m0/s1. The second-order valence-electron chi connectivity index (χ2n) is 5.29. The van der Waals surface area contributed by atoms with Crippen molar-refractivity contribution in [2.45, 2.75) is 31.5 Å². The molecule has 0 aromatic heterocycles. The first-order chi connectivity index (χ1) is 8.59. The summed E-state index contributed by atoms with van der Waals surface area (Å²) in [7, 11) is 0. The van der Waals surface area contributed by atoms with Crippen molar-refractivity contribution in [1.82, 2.24) is 5.43 Å². The normalized spacial score (nSPS) is 28.4. The topological polar surface area (TPSA) is 54.0 Å². The Morgan fingerprint density at radius 1 is 1.39 bits per heavy atom. The van der Waals surface area contributed by atoms with Crippen molar-refractivity contribution in [2.24, 2.45) is 5.10 Å². The smallest absolute Gasteiger partial charge is 0.211 e. The van der Waals surface area contributed by atoms with Crippen LogP contribution < -0.4 is 5.43 Å². The number of hydrogen-bond acceptors (Lipinski definition) is 4. The summed E-state index contributed by atoms with van der Waals surface area (Å²) < 4.78 is 5.40. The number of carbonyl (C=O) groups is 1. The van der Waals surface area contributed by atoms with Crippen LogP contribution in [0.3, 0.4) is 0 Å². The zero-order valence-electron chi connectivity index (χ0n) is 10.5. The Morgan fingerprint density at radius 2 is 2.06 bits per heavy atom. The van der Waals surface area contributed by atoms with Crippen LogP contribution in [-0.4, -0.2) is 29.7 Å². The summed E-state index contributed by atoms with van der Waals surface area (Å²) >= 11 is 0. The van der Waals surface area contributed by atoms with E-state index in [0.29, 0.717) is 12.3 Å². The van der Waals surface area contributed by atoms with Crippen LogP contribution in [0, 0.1) is 0 Å². The van der Waals surface area contributed by atoms with Gasteiger partial charge in [-0.2, -0.15) is 5.10 Å². The predicted molar refractivity (Wildman–Crippen MR) is 68.6 cm³/mol. The molecule has 1 fully saturated rings. The van der Waals surface area contributed by atoms with Crippen molar-refractivity contribution >= 4 is 11.5 Å². The molecule has 1 aromatic carbocycles. The molecule has 0 bridgehead atoms. The monoisotopic (exact) mass is 244 g/mol. The molecule has 2 aliphatic heterocycles. The van der Waals surface area contributed by atoms with Gasteiger partial charge in [-0.25, -0.2) is 0 Å². The van der Waals surface area contributed by atoms with Gasteiger partial charge in [0.25, 0.3) is 0 Å². The summed E-state index contributed by atoms with van der Waals surface area (Å²) in [5, 5.41) is 4.16. The molecule has 2 atom stereocenters. The van der Waals surface area contributed by atoms with Gasteiger partial charge in [0.05, 0.1) is 11.5 Å². The van der Waals surface area contributed by atoms with Crippen LogP contribution in [0.15, 0.2) is 35.4 Å². The summed E-state index contributed by atoms with van der Waals surface area (Å²) in [5.41, 5.74) is 4.31. The summed E-state index contributed by atoms with van der Waals surface area (Å²) in [6, 6.07) is 9.98. The third kappa shape index (κ3) is 1.82. The molecular formula is C14H16N2O2. The van der Waals surface area contributed by atoms with Crippen molar-refractivity contribution in [1.29, 1.82) is 0 Å². The number of carbonyl (C=O) groups excluding carboxylic acids is 1. The van der Waals surface area contributed by atoms with E-state index in [1.807, 2.05) is 44.2 Å². The lowest BCUT2D eigenvalue weighted by Crippen LogP contribution is -2.28. The molecule has 18 heavy (non-hydrogen) atoms. The van der Waals surface area contributed by atoms with Gasteiger partial charge in [-0.15, -0.1) is 0 Å². The largest absolute Gasteiger partial charge is 0.358 e. The molecule has 0 radical (unpaired) electrons. The number of ketones is 1. The number of nitrogens with zero attached hydrogens (tertiary/aromatic N) is 1. The Labute approximate surface area is 106 Å². The van der Waals surface area contributed by atoms with Crippen LogP contribution in [0.25, 0.3) is 0 Å². The third-order valence-corrected chi connectivity index (χ3v) is 3.51. The van der Waals surface area contributed by atoms with Crippen molar-refractivity contribution in [3.05, 3.63) is 35.9 Å². The molecule has 4 heteroatoms. The lowest BCUT2D eigenvalue weighted by molar-refractivity contribution is -0.114. The highest BCUT2D eigenvalue weighted by Gasteiger charge is 2.55. The van der Waals surface area contributed by atoms with Crippen molar-refractivity contribution in [2.75, 3.05) is 6.54 Å². The average Bonchev–Trinajstić information content (AvgIpc) is 2.80. The quantitative estimate of drug-likeness (QED) is 0.819. The maximum absolute atomic E-state index is 12.3. The van der Waals surface area contributed by atoms with Gasteiger partial charge in [0.15, 0.2) is 6.10 Å². The highest BCUT2D eigenvalue weighted by atomic mass is 16.6. The van der Waals surface area contributed by atoms with Crippen LogP contribution in [0.2, 0.25) is 0 Å². The fourth-order valence-corrected chi connectivity index (χ4v) is 2.36. The number of epoxide rings is 1. The Kier molecular flexibility index (Phi) is 2.48. The lowest BCUT2D eigenvalue weighted by atomic mass is 9.90. The zero-order valence-corrected chi connectivity index (χ0v) is 10.5. The minimum absolute atomic E-state index is 0.0128. The third-order valence-electron chi connectivity index (χ3n) is 3.51. The van der Waals surface area contributed by atoms with E-state index in [1.165, 1.54) is 0 Å². The Balaban J connectivity index is 1.82. The number of nitrogens with one attached hydrogen (secondary N) is 1. The summed E-state index contributed by atoms with van der Waals surface area (Å²) in [6.07, 6.45) is -0.331. The van der Waals surface area contributed by atoms with Crippen LogP contribution in [-0.2, 0) is 9.53 Å². The fraction of sp³-hybridized carbons (Fsp3) is 0.429. The van der Waals surface area contributed by atoms with E-state index in [4.69, 9.17) is 4.74 Å². The van der Waals surface area contributed by atoms with Crippen molar-refractivity contribution in [3.63, 3.8) is 0 Å². The van der Waals surface area contributed by atoms with Crippen LogP contribution >= 0.6 is 0 Å². The molecule has 1 saturated heterocycles. The van der Waals surface area contributed by atoms with Crippen LogP contribution in [0.5, 0.6) is 0 Å². The molecule has 0 aliphatic carbocycles. The highest BCUT2D eigenvalue weighted by Crippen LogP contribution is 2.37. The average molecular weight is 244 g/mol. The first kappa shape index (κ1) is 11.4. The Hall–Kier alpha value is -1.68. The molecule has 94 valence electrons. The molecule has 0 unspecified atom stereocenters. The number of rotatable bonds is 3. The van der Waals surface area contributed by atoms with E-state index < -0.39 is 0 Å². The van der Waals surface area contributed by atoms with E-state index in [0.717, 1.165) is 5.56 Å². The van der Waals surface area contributed by atoms with Crippen molar-refractivity contribution < 1.29 is 9.53 Å². The lowest BCUT2D eigenvalue weighted by Gasteiger charge is -2.10. The number of ether oxygens (including phenoxy) is 1. The molecular weight excluding hydrogens is 228 g/mol. The number of Topliss-reactive ketones (excluding diaryl/α,β-unsaturated/α-hetero) is 1. The fourth-order valence-electron chi connectivity index (χ4n) is 2.36. The first-order valence-corrected chi connectivity index (χ1v) is 6.17.